The van der Waals surface area contributed by atoms with E-state index >= 15 is 0 Å². The lowest BCUT2D eigenvalue weighted by molar-refractivity contribution is 0.832. The van der Waals surface area contributed by atoms with Gasteiger partial charge in [-0.3, -0.25) is 0 Å². The minimum absolute atomic E-state index is 1.03. The van der Waals surface area contributed by atoms with E-state index in [2.05, 4.69) is 30.7 Å². The summed E-state index contributed by atoms with van der Waals surface area (Å²) >= 11 is 0. The van der Waals surface area contributed by atoms with Gasteiger partial charge in [-0.2, -0.15) is 5.10 Å². The van der Waals surface area contributed by atoms with Gasteiger partial charge in [0.1, 0.15) is 0 Å². The lowest BCUT2D eigenvalue weighted by atomic mass is 10.2. The molecule has 0 bridgehead atoms. The van der Waals surface area contributed by atoms with Crippen LogP contribution < -0.4 is 0 Å². The minimum atomic E-state index is 1.03. The van der Waals surface area contributed by atoms with Crippen molar-refractivity contribution in [3.8, 4) is 5.69 Å². The highest BCUT2D eigenvalue weighted by Crippen LogP contribution is 2.17. The molecule has 1 heterocycles. The molecule has 0 radical (unpaired) electrons. The van der Waals surface area contributed by atoms with Gasteiger partial charge in [-0.25, -0.2) is 4.68 Å². The Balaban J connectivity index is 2.63. The van der Waals surface area contributed by atoms with Gasteiger partial charge in [0.2, 0.25) is 0 Å². The summed E-state index contributed by atoms with van der Waals surface area (Å²) in [5.41, 5.74) is 4.36. The predicted octanol–water partition coefficient (Wildman–Crippen LogP) is 3.13. The smallest absolute Gasteiger partial charge is 0.0720 e. The second-order valence-corrected chi connectivity index (χ2v) is 3.60. The summed E-state index contributed by atoms with van der Waals surface area (Å²) in [5, 5.41) is 4.46. The number of hydrogen-bond donors (Lipinski definition) is 0. The van der Waals surface area contributed by atoms with Crippen LogP contribution in [0.3, 0.4) is 0 Å². The molecule has 0 atom stereocenters. The third-order valence-corrected chi connectivity index (χ3v) is 2.39. The largest absolute Gasteiger partial charge is 0.237 e. The first kappa shape index (κ1) is 9.71. The molecule has 0 spiro atoms. The monoisotopic (exact) mass is 198 g/mol. The maximum Gasteiger partial charge on any atom is 0.0720 e. The average molecular weight is 198 g/mol. The van der Waals surface area contributed by atoms with Crippen molar-refractivity contribution in [2.45, 2.75) is 13.8 Å². The van der Waals surface area contributed by atoms with E-state index in [-0.39, 0.29) is 0 Å². The molecular weight excluding hydrogens is 184 g/mol. The molecule has 2 heteroatoms. The highest BCUT2D eigenvalue weighted by Gasteiger charge is 2.05. The SMILES string of the molecule is C=Cc1ccccc1-n1nc(C)cc1C. The number of aryl methyl sites for hydroxylation is 2. The Kier molecular flexibility index (Phi) is 2.42. The Labute approximate surface area is 89.9 Å². The van der Waals surface area contributed by atoms with Gasteiger partial charge >= 0.3 is 0 Å². The number of nitrogens with zero attached hydrogens (tertiary/aromatic N) is 2. The summed E-state index contributed by atoms with van der Waals surface area (Å²) in [4.78, 5) is 0. The van der Waals surface area contributed by atoms with Crippen LogP contribution in [0.15, 0.2) is 36.9 Å². The van der Waals surface area contributed by atoms with E-state index in [0.717, 1.165) is 22.6 Å². The third-order valence-electron chi connectivity index (χ3n) is 2.39. The van der Waals surface area contributed by atoms with Crippen LogP contribution in [0.4, 0.5) is 0 Å². The Morgan fingerprint density at radius 1 is 1.27 bits per heavy atom. The van der Waals surface area contributed by atoms with Crippen LogP contribution in [-0.4, -0.2) is 9.78 Å². The highest BCUT2D eigenvalue weighted by molar-refractivity contribution is 5.59. The minimum Gasteiger partial charge on any atom is -0.237 e. The summed E-state index contributed by atoms with van der Waals surface area (Å²) in [6.07, 6.45) is 1.85. The lowest BCUT2D eigenvalue weighted by Gasteiger charge is -2.07. The highest BCUT2D eigenvalue weighted by atomic mass is 15.3. The first-order valence-corrected chi connectivity index (χ1v) is 4.97. The van der Waals surface area contributed by atoms with Crippen molar-refractivity contribution in [3.63, 3.8) is 0 Å². The van der Waals surface area contributed by atoms with Gasteiger partial charge in [0.15, 0.2) is 0 Å². The normalized spacial score (nSPS) is 10.3. The molecule has 0 unspecified atom stereocenters. The third kappa shape index (κ3) is 1.71. The first-order valence-electron chi connectivity index (χ1n) is 4.97. The van der Waals surface area contributed by atoms with Gasteiger partial charge in [0, 0.05) is 5.69 Å². The summed E-state index contributed by atoms with van der Waals surface area (Å²) in [5.74, 6) is 0. The van der Waals surface area contributed by atoms with E-state index in [0.29, 0.717) is 0 Å². The summed E-state index contributed by atoms with van der Waals surface area (Å²) < 4.78 is 1.95. The van der Waals surface area contributed by atoms with Crippen molar-refractivity contribution < 1.29 is 0 Å². The van der Waals surface area contributed by atoms with Crippen molar-refractivity contribution in [2.75, 3.05) is 0 Å². The number of para-hydroxylation sites is 1. The Bertz CT molecular complexity index is 495. The summed E-state index contributed by atoms with van der Waals surface area (Å²) in [7, 11) is 0. The summed E-state index contributed by atoms with van der Waals surface area (Å²) in [6.45, 7) is 7.87. The molecule has 0 N–H and O–H groups in total. The molecule has 0 aliphatic heterocycles. The number of hydrogen-bond acceptors (Lipinski definition) is 1. The molecule has 0 amide bonds. The fourth-order valence-corrected chi connectivity index (χ4v) is 1.73. The fraction of sp³-hybridized carbons (Fsp3) is 0.154. The van der Waals surface area contributed by atoms with E-state index in [4.69, 9.17) is 0 Å². The van der Waals surface area contributed by atoms with Crippen LogP contribution in [0, 0.1) is 13.8 Å². The van der Waals surface area contributed by atoms with Crippen LogP contribution in [-0.2, 0) is 0 Å². The molecule has 15 heavy (non-hydrogen) atoms. The van der Waals surface area contributed by atoms with Crippen molar-refractivity contribution >= 4 is 6.08 Å². The lowest BCUT2D eigenvalue weighted by Crippen LogP contribution is -2.00. The standard InChI is InChI=1S/C13H14N2/c1-4-12-7-5-6-8-13(12)15-11(3)9-10(2)14-15/h4-9H,1H2,2-3H3. The molecule has 0 aliphatic carbocycles. The van der Waals surface area contributed by atoms with Crippen molar-refractivity contribution in [3.05, 3.63) is 53.9 Å². The molecular formula is C13H14N2. The van der Waals surface area contributed by atoms with Crippen LogP contribution >= 0.6 is 0 Å². The number of rotatable bonds is 2. The van der Waals surface area contributed by atoms with Crippen LogP contribution in [0.5, 0.6) is 0 Å². The molecule has 0 aliphatic rings. The second kappa shape index (κ2) is 3.73. The molecule has 2 nitrogen and oxygen atoms in total. The zero-order chi connectivity index (χ0) is 10.8. The zero-order valence-corrected chi connectivity index (χ0v) is 9.07. The van der Waals surface area contributed by atoms with E-state index in [1.54, 1.807) is 0 Å². The molecule has 2 rings (SSSR count). The first-order chi connectivity index (χ1) is 7.22. The van der Waals surface area contributed by atoms with Crippen LogP contribution in [0.1, 0.15) is 17.0 Å². The summed E-state index contributed by atoms with van der Waals surface area (Å²) in [6, 6.07) is 10.2. The molecule has 1 aromatic heterocycles. The second-order valence-electron chi connectivity index (χ2n) is 3.60. The topological polar surface area (TPSA) is 17.8 Å². The Morgan fingerprint density at radius 2 is 2.00 bits per heavy atom. The van der Waals surface area contributed by atoms with Crippen LogP contribution in [0.25, 0.3) is 11.8 Å². The zero-order valence-electron chi connectivity index (χ0n) is 9.07. The molecule has 0 saturated carbocycles. The van der Waals surface area contributed by atoms with E-state index in [1.165, 1.54) is 0 Å². The van der Waals surface area contributed by atoms with Gasteiger partial charge in [-0.15, -0.1) is 0 Å². The molecule has 0 saturated heterocycles. The van der Waals surface area contributed by atoms with Crippen molar-refractivity contribution in [1.82, 2.24) is 9.78 Å². The Morgan fingerprint density at radius 3 is 2.60 bits per heavy atom. The average Bonchev–Trinajstić information content (AvgIpc) is 2.57. The van der Waals surface area contributed by atoms with Gasteiger partial charge in [0.25, 0.3) is 0 Å². The van der Waals surface area contributed by atoms with Gasteiger partial charge in [0.05, 0.1) is 11.4 Å². The molecule has 1 aromatic carbocycles. The fourth-order valence-electron chi connectivity index (χ4n) is 1.73. The van der Waals surface area contributed by atoms with E-state index in [1.807, 2.05) is 35.9 Å². The molecule has 0 fully saturated rings. The maximum atomic E-state index is 4.46. The van der Waals surface area contributed by atoms with Gasteiger partial charge in [-0.1, -0.05) is 30.9 Å². The quantitative estimate of drug-likeness (QED) is 0.725. The maximum absolute atomic E-state index is 4.46. The number of aromatic nitrogens is 2. The molecule has 76 valence electrons. The van der Waals surface area contributed by atoms with Gasteiger partial charge in [-0.05, 0) is 31.5 Å². The predicted molar refractivity (Wildman–Crippen MR) is 63.1 cm³/mol. The van der Waals surface area contributed by atoms with Crippen molar-refractivity contribution in [2.24, 2.45) is 0 Å². The van der Waals surface area contributed by atoms with E-state index < -0.39 is 0 Å². The molecule has 2 aromatic rings. The number of benzene rings is 1. The van der Waals surface area contributed by atoms with Crippen LogP contribution in [0.2, 0.25) is 0 Å². The van der Waals surface area contributed by atoms with Crippen molar-refractivity contribution in [1.29, 1.82) is 0 Å². The van der Waals surface area contributed by atoms with Gasteiger partial charge < -0.3 is 0 Å². The Hall–Kier alpha value is -1.83. The van der Waals surface area contributed by atoms with E-state index in [9.17, 15) is 0 Å².